The summed E-state index contributed by atoms with van der Waals surface area (Å²) in [6.45, 7) is 3.96. The molecule has 2 amide bonds. The maximum absolute atomic E-state index is 14.5. The predicted octanol–water partition coefficient (Wildman–Crippen LogP) is 6.14. The molecule has 1 aromatic heterocycles. The first-order valence-electron chi connectivity index (χ1n) is 12.1. The normalized spacial score (nSPS) is 15.6. The van der Waals surface area contributed by atoms with Crippen LogP contribution in [-0.4, -0.2) is 28.2 Å². The van der Waals surface area contributed by atoms with Crippen molar-refractivity contribution in [2.24, 2.45) is 0 Å². The maximum atomic E-state index is 14.5. The first kappa shape index (κ1) is 24.2. The Morgan fingerprint density at radius 1 is 1.08 bits per heavy atom. The molecule has 0 spiro atoms. The average Bonchev–Trinajstić information content (AvgIpc) is 3.41. The van der Waals surface area contributed by atoms with Crippen molar-refractivity contribution in [1.82, 2.24) is 20.4 Å². The van der Waals surface area contributed by atoms with Gasteiger partial charge >= 0.3 is 6.03 Å². The van der Waals surface area contributed by atoms with E-state index in [2.05, 4.69) is 17.4 Å². The van der Waals surface area contributed by atoms with Crippen LogP contribution in [0.3, 0.4) is 0 Å². The van der Waals surface area contributed by atoms with E-state index in [1.165, 1.54) is 16.5 Å². The minimum Gasteiger partial charge on any atom is -0.497 e. The zero-order valence-corrected chi connectivity index (χ0v) is 20.9. The van der Waals surface area contributed by atoms with Crippen LogP contribution in [0.5, 0.6) is 5.75 Å². The van der Waals surface area contributed by atoms with Crippen molar-refractivity contribution in [2.75, 3.05) is 7.11 Å². The highest BCUT2D eigenvalue weighted by Crippen LogP contribution is 2.38. The van der Waals surface area contributed by atoms with E-state index in [0.29, 0.717) is 28.4 Å². The second-order valence-electron chi connectivity index (χ2n) is 8.81. The third-order valence-electron chi connectivity index (χ3n) is 6.59. The second-order valence-corrected chi connectivity index (χ2v) is 8.81. The lowest BCUT2D eigenvalue weighted by Crippen LogP contribution is -2.45. The number of aryl methyl sites for hydroxylation is 1. The van der Waals surface area contributed by atoms with Gasteiger partial charge in [0.1, 0.15) is 11.6 Å². The third-order valence-corrected chi connectivity index (χ3v) is 6.59. The van der Waals surface area contributed by atoms with Gasteiger partial charge in [-0.2, -0.15) is 4.98 Å². The summed E-state index contributed by atoms with van der Waals surface area (Å²) >= 11 is 0. The van der Waals surface area contributed by atoms with E-state index in [0.717, 1.165) is 17.5 Å². The molecule has 0 saturated heterocycles. The van der Waals surface area contributed by atoms with Gasteiger partial charge in [-0.25, -0.2) is 9.18 Å². The number of carbonyl (C=O) groups excluding carboxylic acids is 1. The van der Waals surface area contributed by atoms with Crippen LogP contribution in [0.4, 0.5) is 9.18 Å². The van der Waals surface area contributed by atoms with Crippen molar-refractivity contribution in [1.29, 1.82) is 0 Å². The van der Waals surface area contributed by atoms with Crippen LogP contribution in [0.1, 0.15) is 42.5 Å². The molecular weight excluding hydrogens is 471 g/mol. The molecule has 2 heterocycles. The van der Waals surface area contributed by atoms with Gasteiger partial charge < -0.3 is 14.6 Å². The molecule has 8 heteroatoms. The second kappa shape index (κ2) is 10.3. The Balaban J connectivity index is 1.60. The molecule has 1 unspecified atom stereocenters. The number of hydrogen-bond acceptors (Lipinski definition) is 5. The van der Waals surface area contributed by atoms with Crippen LogP contribution >= 0.6 is 0 Å². The predicted molar refractivity (Wildman–Crippen MR) is 138 cm³/mol. The smallest absolute Gasteiger partial charge is 0.322 e. The first-order valence-corrected chi connectivity index (χ1v) is 12.1. The van der Waals surface area contributed by atoms with Gasteiger partial charge in [0.25, 0.3) is 5.89 Å². The molecule has 4 aromatic rings. The molecule has 0 bridgehead atoms. The molecule has 7 nitrogen and oxygen atoms in total. The Labute approximate surface area is 214 Å². The van der Waals surface area contributed by atoms with Crippen molar-refractivity contribution < 1.29 is 18.4 Å². The fourth-order valence-electron chi connectivity index (χ4n) is 4.46. The number of amides is 2. The molecule has 5 rings (SSSR count). The minimum atomic E-state index is -0.574. The molecular formula is C29H27FN4O3. The Hall–Kier alpha value is -4.46. The molecule has 37 heavy (non-hydrogen) atoms. The van der Waals surface area contributed by atoms with Gasteiger partial charge in [-0.1, -0.05) is 66.7 Å². The largest absolute Gasteiger partial charge is 0.497 e. The number of allylic oxidation sites excluding steroid dienone is 1. The quantitative estimate of drug-likeness (QED) is 0.331. The van der Waals surface area contributed by atoms with Crippen molar-refractivity contribution in [3.8, 4) is 17.1 Å². The Bertz CT molecular complexity index is 1460. The molecule has 0 aliphatic carbocycles. The zero-order chi connectivity index (χ0) is 25.9. The molecule has 1 aliphatic heterocycles. The van der Waals surface area contributed by atoms with Crippen LogP contribution in [0.2, 0.25) is 0 Å². The van der Waals surface area contributed by atoms with Gasteiger partial charge in [0.15, 0.2) is 0 Å². The van der Waals surface area contributed by atoms with Crippen molar-refractivity contribution in [2.45, 2.75) is 32.9 Å². The molecule has 0 radical (unpaired) electrons. The number of carbonyl (C=O) groups is 1. The Morgan fingerprint density at radius 3 is 2.59 bits per heavy atom. The zero-order valence-electron chi connectivity index (χ0n) is 20.9. The fraction of sp³-hybridized carbons (Fsp3) is 0.207. The monoisotopic (exact) mass is 498 g/mol. The summed E-state index contributed by atoms with van der Waals surface area (Å²) in [7, 11) is 1.59. The van der Waals surface area contributed by atoms with Gasteiger partial charge in [0.2, 0.25) is 5.82 Å². The molecule has 3 aromatic carbocycles. The van der Waals surface area contributed by atoms with E-state index >= 15 is 0 Å². The number of urea groups is 1. The minimum absolute atomic E-state index is 0.0537. The van der Waals surface area contributed by atoms with E-state index in [9.17, 15) is 9.18 Å². The van der Waals surface area contributed by atoms with Crippen LogP contribution in [0, 0.1) is 5.82 Å². The highest BCUT2D eigenvalue weighted by molar-refractivity contribution is 5.87. The number of hydrogen-bond donors (Lipinski definition) is 1. The summed E-state index contributed by atoms with van der Waals surface area (Å²) in [5, 5.41) is 7.26. The van der Waals surface area contributed by atoms with E-state index in [1.54, 1.807) is 25.3 Å². The highest BCUT2D eigenvalue weighted by Gasteiger charge is 2.36. The standard InChI is InChI=1S/C29H27FN4O3/c1-4-19-12-14-20(15-13-19)27-32-28(37-33-27)25-18(2)34(17-22-8-5-6-11-24(22)30)29(35)31-26(25)21-9-7-10-23(16-21)36-3/h5-16,26H,4,17H2,1-3H3,(H,31,35). The summed E-state index contributed by atoms with van der Waals surface area (Å²) in [4.78, 5) is 19.5. The third kappa shape index (κ3) is 4.82. The number of aromatic nitrogens is 2. The fourth-order valence-corrected chi connectivity index (χ4v) is 4.46. The number of methoxy groups -OCH3 is 1. The van der Waals surface area contributed by atoms with Gasteiger partial charge in [-0.05, 0) is 42.7 Å². The van der Waals surface area contributed by atoms with Crippen LogP contribution in [0.25, 0.3) is 17.0 Å². The van der Waals surface area contributed by atoms with Crippen LogP contribution < -0.4 is 10.1 Å². The lowest BCUT2D eigenvalue weighted by Gasteiger charge is -2.35. The number of benzene rings is 3. The SMILES string of the molecule is CCc1ccc(-c2noc(C3=C(C)N(Cc4ccccc4F)C(=O)NC3c3cccc(OC)c3)n2)cc1. The molecule has 1 N–H and O–H groups in total. The summed E-state index contributed by atoms with van der Waals surface area (Å²) in [5.41, 5.74) is 4.46. The summed E-state index contributed by atoms with van der Waals surface area (Å²) in [6.07, 6.45) is 0.934. The average molecular weight is 499 g/mol. The number of nitrogens with zero attached hydrogens (tertiary/aromatic N) is 3. The summed E-state index contributed by atoms with van der Waals surface area (Å²) in [5.74, 6) is 0.994. The number of rotatable bonds is 7. The van der Waals surface area contributed by atoms with Gasteiger partial charge in [0, 0.05) is 16.8 Å². The van der Waals surface area contributed by atoms with Crippen LogP contribution in [-0.2, 0) is 13.0 Å². The Kier molecular flexibility index (Phi) is 6.72. The van der Waals surface area contributed by atoms with E-state index in [1.807, 2.05) is 55.5 Å². The van der Waals surface area contributed by atoms with Gasteiger partial charge in [-0.3, -0.25) is 4.90 Å². The van der Waals surface area contributed by atoms with Crippen molar-refractivity contribution in [3.05, 3.63) is 107 Å². The first-order chi connectivity index (χ1) is 18.0. The van der Waals surface area contributed by atoms with E-state index in [4.69, 9.17) is 14.2 Å². The molecule has 1 atom stereocenters. The maximum Gasteiger partial charge on any atom is 0.322 e. The molecule has 0 fully saturated rings. The highest BCUT2D eigenvalue weighted by atomic mass is 19.1. The number of nitrogens with one attached hydrogen (secondary N) is 1. The van der Waals surface area contributed by atoms with Crippen LogP contribution in [0.15, 0.2) is 83.0 Å². The topological polar surface area (TPSA) is 80.5 Å². The van der Waals surface area contributed by atoms with Crippen molar-refractivity contribution in [3.63, 3.8) is 0 Å². The lowest BCUT2D eigenvalue weighted by atomic mass is 9.94. The van der Waals surface area contributed by atoms with Gasteiger partial charge in [0.05, 0.1) is 25.3 Å². The Morgan fingerprint density at radius 2 is 1.86 bits per heavy atom. The lowest BCUT2D eigenvalue weighted by molar-refractivity contribution is 0.202. The summed E-state index contributed by atoms with van der Waals surface area (Å²) in [6, 6.07) is 20.9. The molecule has 0 saturated carbocycles. The van der Waals surface area contributed by atoms with Gasteiger partial charge in [-0.15, -0.1) is 0 Å². The van der Waals surface area contributed by atoms with Crippen molar-refractivity contribution >= 4 is 11.6 Å². The molecule has 1 aliphatic rings. The van der Waals surface area contributed by atoms with E-state index < -0.39 is 6.04 Å². The number of ether oxygens (including phenoxy) is 1. The van der Waals surface area contributed by atoms with E-state index in [-0.39, 0.29) is 24.3 Å². The number of halogens is 1. The summed E-state index contributed by atoms with van der Waals surface area (Å²) < 4.78 is 25.6. The molecule has 188 valence electrons.